The Labute approximate surface area is 175 Å². The molecule has 0 unspecified atom stereocenters. The van der Waals surface area contributed by atoms with Crippen LogP contribution in [0.15, 0.2) is 53.8 Å². The van der Waals surface area contributed by atoms with E-state index in [0.29, 0.717) is 12.8 Å². The summed E-state index contributed by atoms with van der Waals surface area (Å²) in [6.07, 6.45) is 4.53. The molecule has 0 saturated heterocycles. The van der Waals surface area contributed by atoms with Gasteiger partial charge in [-0.3, -0.25) is 14.6 Å². The first-order valence-corrected chi connectivity index (χ1v) is 9.97. The first kappa shape index (κ1) is 21.4. The minimum Gasteiger partial charge on any atom is -0.465 e. The van der Waals surface area contributed by atoms with Gasteiger partial charge in [0.25, 0.3) is 0 Å². The minimum absolute atomic E-state index is 0.218. The highest BCUT2D eigenvalue weighted by Crippen LogP contribution is 2.41. The van der Waals surface area contributed by atoms with E-state index in [1.54, 1.807) is 26.0 Å². The predicted octanol–water partition coefficient (Wildman–Crippen LogP) is 4.83. The second-order valence-corrected chi connectivity index (χ2v) is 7.03. The standard InChI is InChI=1S/C23H24N2O5/c1-3-29-21(26)23(22(27)30-4-2)13-11-17(12-14-23)16-5-7-18(8-6-16)20-10-9-19(25-28)15-24-20/h5-11,15H,3-4,12-14H2,1-2H3. The van der Waals surface area contributed by atoms with E-state index in [4.69, 9.17) is 9.47 Å². The van der Waals surface area contributed by atoms with E-state index in [1.807, 2.05) is 30.3 Å². The highest BCUT2D eigenvalue weighted by atomic mass is 16.6. The Hall–Kier alpha value is -3.35. The molecule has 30 heavy (non-hydrogen) atoms. The predicted molar refractivity (Wildman–Crippen MR) is 113 cm³/mol. The summed E-state index contributed by atoms with van der Waals surface area (Å²) in [6.45, 7) is 3.88. The number of carbonyl (C=O) groups excluding carboxylic acids is 2. The maximum Gasteiger partial charge on any atom is 0.323 e. The van der Waals surface area contributed by atoms with Gasteiger partial charge in [-0.2, -0.15) is 0 Å². The second-order valence-electron chi connectivity index (χ2n) is 7.03. The van der Waals surface area contributed by atoms with Crippen LogP contribution in [0.5, 0.6) is 0 Å². The molecule has 0 spiro atoms. The van der Waals surface area contributed by atoms with Crippen LogP contribution < -0.4 is 0 Å². The molecular weight excluding hydrogens is 384 g/mol. The first-order valence-electron chi connectivity index (χ1n) is 9.97. The highest BCUT2D eigenvalue weighted by molar-refractivity contribution is 6.01. The Bertz CT molecular complexity index is 931. The Kier molecular flexibility index (Phi) is 6.72. The molecule has 2 aromatic rings. The molecule has 0 atom stereocenters. The van der Waals surface area contributed by atoms with Crippen molar-refractivity contribution in [1.82, 2.24) is 4.98 Å². The lowest BCUT2D eigenvalue weighted by atomic mass is 9.73. The molecule has 0 amide bonds. The number of rotatable bonds is 7. The number of aromatic nitrogens is 1. The summed E-state index contributed by atoms with van der Waals surface area (Å²) in [5.74, 6) is -1.04. The van der Waals surface area contributed by atoms with E-state index in [9.17, 15) is 14.5 Å². The van der Waals surface area contributed by atoms with Crippen LogP contribution in [0.3, 0.4) is 0 Å². The summed E-state index contributed by atoms with van der Waals surface area (Å²) in [6, 6.07) is 11.2. The van der Waals surface area contributed by atoms with Gasteiger partial charge < -0.3 is 9.47 Å². The lowest BCUT2D eigenvalue weighted by Crippen LogP contribution is -2.43. The molecule has 0 fully saturated rings. The smallest absolute Gasteiger partial charge is 0.323 e. The van der Waals surface area contributed by atoms with Crippen molar-refractivity contribution in [1.29, 1.82) is 0 Å². The zero-order chi connectivity index (χ0) is 21.6. The highest BCUT2D eigenvalue weighted by Gasteiger charge is 2.49. The maximum atomic E-state index is 12.5. The number of hydrogen-bond acceptors (Lipinski definition) is 7. The van der Waals surface area contributed by atoms with Gasteiger partial charge in [-0.15, -0.1) is 4.91 Å². The van der Waals surface area contributed by atoms with Crippen LogP contribution in [0.4, 0.5) is 5.69 Å². The normalized spacial score (nSPS) is 15.1. The van der Waals surface area contributed by atoms with Crippen molar-refractivity contribution in [3.8, 4) is 11.3 Å². The number of hydrogen-bond donors (Lipinski definition) is 0. The molecule has 1 aliphatic rings. The van der Waals surface area contributed by atoms with E-state index in [1.165, 1.54) is 6.20 Å². The monoisotopic (exact) mass is 408 g/mol. The molecule has 0 saturated carbocycles. The molecule has 1 aromatic heterocycles. The fourth-order valence-electron chi connectivity index (χ4n) is 3.57. The van der Waals surface area contributed by atoms with Crippen LogP contribution in [0, 0.1) is 10.3 Å². The van der Waals surface area contributed by atoms with E-state index in [-0.39, 0.29) is 25.3 Å². The molecule has 7 nitrogen and oxygen atoms in total. The van der Waals surface area contributed by atoms with Gasteiger partial charge in [0.15, 0.2) is 5.41 Å². The van der Waals surface area contributed by atoms with Crippen LogP contribution in [0.2, 0.25) is 0 Å². The average Bonchev–Trinajstić information content (AvgIpc) is 2.79. The third-order valence-corrected chi connectivity index (χ3v) is 5.26. The first-order chi connectivity index (χ1) is 14.5. The van der Waals surface area contributed by atoms with E-state index in [0.717, 1.165) is 22.4 Å². The topological polar surface area (TPSA) is 94.9 Å². The number of nitrogens with zero attached hydrogens (tertiary/aromatic N) is 2. The van der Waals surface area contributed by atoms with Crippen LogP contribution in [-0.2, 0) is 19.1 Å². The van der Waals surface area contributed by atoms with Crippen LogP contribution in [-0.4, -0.2) is 30.1 Å². The van der Waals surface area contributed by atoms with Crippen molar-refractivity contribution >= 4 is 23.2 Å². The van der Waals surface area contributed by atoms with Gasteiger partial charge in [0.2, 0.25) is 0 Å². The molecule has 156 valence electrons. The largest absolute Gasteiger partial charge is 0.465 e. The molecule has 1 heterocycles. The third-order valence-electron chi connectivity index (χ3n) is 5.26. The summed E-state index contributed by atoms with van der Waals surface area (Å²) in [7, 11) is 0. The number of allylic oxidation sites excluding steroid dienone is 2. The molecule has 1 aromatic carbocycles. The molecule has 0 aliphatic heterocycles. The summed E-state index contributed by atoms with van der Waals surface area (Å²) in [5, 5.41) is 2.85. The SMILES string of the molecule is CCOC(=O)C1(C(=O)OCC)CC=C(c2ccc(-c3ccc(N=O)cn3)cc2)CC1. The van der Waals surface area contributed by atoms with Gasteiger partial charge >= 0.3 is 11.9 Å². The lowest BCUT2D eigenvalue weighted by molar-refractivity contribution is -0.172. The summed E-state index contributed by atoms with van der Waals surface area (Å²) in [4.78, 5) is 39.8. The number of ether oxygens (including phenoxy) is 2. The van der Waals surface area contributed by atoms with Crippen LogP contribution in [0.25, 0.3) is 16.8 Å². The molecule has 0 radical (unpaired) electrons. The Morgan fingerprint density at radius 1 is 1.00 bits per heavy atom. The van der Waals surface area contributed by atoms with Gasteiger partial charge in [-0.25, -0.2) is 0 Å². The van der Waals surface area contributed by atoms with E-state index >= 15 is 0 Å². The quantitative estimate of drug-likeness (QED) is 0.370. The van der Waals surface area contributed by atoms with Crippen molar-refractivity contribution in [3.63, 3.8) is 0 Å². The summed E-state index contributed by atoms with van der Waals surface area (Å²) >= 11 is 0. The summed E-state index contributed by atoms with van der Waals surface area (Å²) in [5.41, 5.74) is 2.77. The van der Waals surface area contributed by atoms with Crippen molar-refractivity contribution in [2.24, 2.45) is 10.6 Å². The molecule has 0 N–H and O–H groups in total. The lowest BCUT2D eigenvalue weighted by Gasteiger charge is -2.32. The van der Waals surface area contributed by atoms with Crippen molar-refractivity contribution in [3.05, 3.63) is 59.1 Å². The number of benzene rings is 1. The average molecular weight is 408 g/mol. The number of nitroso groups, excluding NO2 is 1. The van der Waals surface area contributed by atoms with Crippen molar-refractivity contribution in [2.75, 3.05) is 13.2 Å². The zero-order valence-corrected chi connectivity index (χ0v) is 17.1. The number of carbonyl (C=O) groups is 2. The molecule has 0 bridgehead atoms. The molecular formula is C23H24N2O5. The zero-order valence-electron chi connectivity index (χ0n) is 17.1. The van der Waals surface area contributed by atoms with E-state index < -0.39 is 17.4 Å². The Morgan fingerprint density at radius 3 is 2.10 bits per heavy atom. The fraction of sp³-hybridized carbons (Fsp3) is 0.348. The Morgan fingerprint density at radius 2 is 1.63 bits per heavy atom. The van der Waals surface area contributed by atoms with Crippen molar-refractivity contribution in [2.45, 2.75) is 33.1 Å². The van der Waals surface area contributed by atoms with E-state index in [2.05, 4.69) is 10.2 Å². The second kappa shape index (κ2) is 9.43. The molecule has 1 aliphatic carbocycles. The van der Waals surface area contributed by atoms with Gasteiger partial charge in [0.1, 0.15) is 5.69 Å². The third kappa shape index (κ3) is 4.30. The molecule has 3 rings (SSSR count). The number of pyridine rings is 1. The fourth-order valence-corrected chi connectivity index (χ4v) is 3.57. The van der Waals surface area contributed by atoms with Gasteiger partial charge in [-0.05, 0) is 61.6 Å². The van der Waals surface area contributed by atoms with Crippen molar-refractivity contribution < 1.29 is 19.1 Å². The summed E-state index contributed by atoms with van der Waals surface area (Å²) < 4.78 is 10.3. The van der Waals surface area contributed by atoms with Gasteiger partial charge in [0, 0.05) is 5.56 Å². The van der Waals surface area contributed by atoms with Crippen LogP contribution in [0.1, 0.15) is 38.7 Å². The maximum absolute atomic E-state index is 12.5. The van der Waals surface area contributed by atoms with Gasteiger partial charge in [-0.1, -0.05) is 30.3 Å². The Balaban J connectivity index is 1.80. The van der Waals surface area contributed by atoms with Gasteiger partial charge in [0.05, 0.1) is 25.1 Å². The number of esters is 2. The van der Waals surface area contributed by atoms with Crippen LogP contribution >= 0.6 is 0 Å². The molecule has 7 heteroatoms. The minimum atomic E-state index is -1.27.